The standard InChI is InChI=1S/C18H25ClN2O3/c1-5-24-16(23)21-11-10-18(20-13(2)22,17(3,4)12-21)14-6-8-15(19)9-7-14/h6-9H,5,10-12H2,1-4H3,(H,20,22). The molecule has 0 bridgehead atoms. The second kappa shape index (κ2) is 7.01. The highest BCUT2D eigenvalue weighted by Gasteiger charge is 2.51. The Morgan fingerprint density at radius 3 is 2.42 bits per heavy atom. The van der Waals surface area contributed by atoms with E-state index in [2.05, 4.69) is 19.2 Å². The van der Waals surface area contributed by atoms with E-state index in [-0.39, 0.29) is 17.4 Å². The van der Waals surface area contributed by atoms with Gasteiger partial charge in [-0.1, -0.05) is 37.6 Å². The highest BCUT2D eigenvalue weighted by molar-refractivity contribution is 6.30. The maximum Gasteiger partial charge on any atom is 0.409 e. The monoisotopic (exact) mass is 352 g/mol. The Bertz CT molecular complexity index is 615. The van der Waals surface area contributed by atoms with E-state index in [1.165, 1.54) is 6.92 Å². The lowest BCUT2D eigenvalue weighted by Gasteiger charge is -2.53. The Morgan fingerprint density at radius 1 is 1.29 bits per heavy atom. The van der Waals surface area contributed by atoms with Crippen LogP contribution >= 0.6 is 11.6 Å². The van der Waals surface area contributed by atoms with Gasteiger partial charge in [0.05, 0.1) is 12.1 Å². The van der Waals surface area contributed by atoms with Gasteiger partial charge in [0, 0.05) is 30.5 Å². The summed E-state index contributed by atoms with van der Waals surface area (Å²) in [5, 5.41) is 3.80. The lowest BCUT2D eigenvalue weighted by atomic mass is 9.64. The lowest BCUT2D eigenvalue weighted by Crippen LogP contribution is -2.63. The molecule has 1 N–H and O–H groups in total. The molecule has 6 heteroatoms. The summed E-state index contributed by atoms with van der Waals surface area (Å²) in [7, 11) is 0. The van der Waals surface area contributed by atoms with Gasteiger partial charge in [-0.15, -0.1) is 0 Å². The average Bonchev–Trinajstić information content (AvgIpc) is 2.49. The number of ether oxygens (including phenoxy) is 1. The third-order valence-corrected chi connectivity index (χ3v) is 5.00. The first-order valence-corrected chi connectivity index (χ1v) is 8.56. The molecule has 0 aliphatic carbocycles. The largest absolute Gasteiger partial charge is 0.450 e. The lowest BCUT2D eigenvalue weighted by molar-refractivity contribution is -0.124. The summed E-state index contributed by atoms with van der Waals surface area (Å²) in [4.78, 5) is 25.7. The van der Waals surface area contributed by atoms with Crippen LogP contribution in [0.2, 0.25) is 5.02 Å². The Balaban J connectivity index is 2.39. The van der Waals surface area contributed by atoms with Crippen molar-refractivity contribution in [2.75, 3.05) is 19.7 Å². The zero-order chi connectivity index (χ0) is 18.0. The molecule has 1 fully saturated rings. The molecule has 0 radical (unpaired) electrons. The molecule has 2 amide bonds. The summed E-state index contributed by atoms with van der Waals surface area (Å²) in [6.45, 7) is 8.79. The van der Waals surface area contributed by atoms with Crippen LogP contribution in [0.25, 0.3) is 0 Å². The van der Waals surface area contributed by atoms with Gasteiger partial charge in [-0.25, -0.2) is 4.79 Å². The number of halogens is 1. The Labute approximate surface area is 148 Å². The number of hydrogen-bond acceptors (Lipinski definition) is 3. The van der Waals surface area contributed by atoms with Crippen molar-refractivity contribution in [2.24, 2.45) is 5.41 Å². The maximum atomic E-state index is 12.1. The van der Waals surface area contributed by atoms with Crippen molar-refractivity contribution in [1.82, 2.24) is 10.2 Å². The summed E-state index contributed by atoms with van der Waals surface area (Å²) >= 11 is 6.02. The predicted octanol–water partition coefficient (Wildman–Crippen LogP) is 3.56. The number of piperidine rings is 1. The number of amides is 2. The SMILES string of the molecule is CCOC(=O)N1CCC(NC(C)=O)(c2ccc(Cl)cc2)C(C)(C)C1. The number of benzene rings is 1. The van der Waals surface area contributed by atoms with Crippen molar-refractivity contribution in [3.63, 3.8) is 0 Å². The summed E-state index contributed by atoms with van der Waals surface area (Å²) < 4.78 is 5.13. The van der Waals surface area contributed by atoms with Crippen LogP contribution in [0, 0.1) is 5.41 Å². The Morgan fingerprint density at radius 2 is 1.92 bits per heavy atom. The number of nitrogens with one attached hydrogen (secondary N) is 1. The molecule has 1 aromatic rings. The van der Waals surface area contributed by atoms with Gasteiger partial charge in [0.2, 0.25) is 5.91 Å². The molecule has 0 aromatic heterocycles. The number of likely N-dealkylation sites (tertiary alicyclic amines) is 1. The van der Waals surface area contributed by atoms with E-state index in [4.69, 9.17) is 16.3 Å². The summed E-state index contributed by atoms with van der Waals surface area (Å²) in [6, 6.07) is 7.54. The van der Waals surface area contributed by atoms with Crippen LogP contribution in [0.1, 0.15) is 39.7 Å². The van der Waals surface area contributed by atoms with Gasteiger partial charge in [-0.3, -0.25) is 4.79 Å². The van der Waals surface area contributed by atoms with E-state index >= 15 is 0 Å². The molecule has 1 atom stereocenters. The van der Waals surface area contributed by atoms with Crippen LogP contribution < -0.4 is 5.32 Å². The van der Waals surface area contributed by atoms with E-state index in [1.807, 2.05) is 24.3 Å². The third kappa shape index (κ3) is 3.51. The number of hydrogen-bond donors (Lipinski definition) is 1. The molecule has 24 heavy (non-hydrogen) atoms. The highest BCUT2D eigenvalue weighted by atomic mass is 35.5. The first-order chi connectivity index (χ1) is 11.2. The predicted molar refractivity (Wildman–Crippen MR) is 93.9 cm³/mol. The summed E-state index contributed by atoms with van der Waals surface area (Å²) in [5.74, 6) is -0.0948. The number of rotatable bonds is 3. The van der Waals surface area contributed by atoms with Crippen LogP contribution in [0.3, 0.4) is 0 Å². The normalized spacial score (nSPS) is 22.8. The van der Waals surface area contributed by atoms with Gasteiger partial charge in [0.1, 0.15) is 0 Å². The van der Waals surface area contributed by atoms with Crippen LogP contribution in [-0.4, -0.2) is 36.6 Å². The molecular formula is C18H25ClN2O3. The minimum atomic E-state index is -0.563. The first kappa shape index (κ1) is 18.6. The van der Waals surface area contributed by atoms with E-state index in [9.17, 15) is 9.59 Å². The van der Waals surface area contributed by atoms with Crippen molar-refractivity contribution >= 4 is 23.6 Å². The maximum absolute atomic E-state index is 12.1. The van der Waals surface area contributed by atoms with E-state index < -0.39 is 5.54 Å². The number of carbonyl (C=O) groups excluding carboxylic acids is 2. The smallest absolute Gasteiger partial charge is 0.409 e. The van der Waals surface area contributed by atoms with Gasteiger partial charge in [0.15, 0.2) is 0 Å². The molecule has 1 aliphatic heterocycles. The third-order valence-electron chi connectivity index (χ3n) is 4.75. The van der Waals surface area contributed by atoms with Crippen molar-refractivity contribution in [3.05, 3.63) is 34.9 Å². The van der Waals surface area contributed by atoms with Crippen LogP contribution in [0.15, 0.2) is 24.3 Å². The van der Waals surface area contributed by atoms with E-state index in [0.717, 1.165) is 5.56 Å². The first-order valence-electron chi connectivity index (χ1n) is 8.18. The second-order valence-corrected chi connectivity index (χ2v) is 7.28. The van der Waals surface area contributed by atoms with Gasteiger partial charge in [-0.05, 0) is 31.0 Å². The number of carbonyl (C=O) groups is 2. The van der Waals surface area contributed by atoms with Gasteiger partial charge >= 0.3 is 6.09 Å². The van der Waals surface area contributed by atoms with Crippen molar-refractivity contribution < 1.29 is 14.3 Å². The van der Waals surface area contributed by atoms with Crippen LogP contribution in [0.5, 0.6) is 0 Å². The second-order valence-electron chi connectivity index (χ2n) is 6.85. The molecule has 5 nitrogen and oxygen atoms in total. The Hall–Kier alpha value is -1.75. The highest BCUT2D eigenvalue weighted by Crippen LogP contribution is 2.46. The summed E-state index contributed by atoms with van der Waals surface area (Å²) in [5.41, 5.74) is 0.0554. The molecule has 0 saturated carbocycles. The molecule has 1 aliphatic rings. The average molecular weight is 353 g/mol. The van der Waals surface area contributed by atoms with Gasteiger partial charge in [0.25, 0.3) is 0 Å². The molecule has 132 valence electrons. The van der Waals surface area contributed by atoms with Crippen molar-refractivity contribution in [2.45, 2.75) is 39.7 Å². The van der Waals surface area contributed by atoms with E-state index in [0.29, 0.717) is 31.1 Å². The number of nitrogens with zero attached hydrogens (tertiary/aromatic N) is 1. The van der Waals surface area contributed by atoms with E-state index in [1.54, 1.807) is 11.8 Å². The molecule has 1 unspecified atom stereocenters. The fraction of sp³-hybridized carbons (Fsp3) is 0.556. The fourth-order valence-electron chi connectivity index (χ4n) is 3.58. The minimum absolute atomic E-state index is 0.0948. The molecule has 0 spiro atoms. The summed E-state index contributed by atoms with van der Waals surface area (Å²) in [6.07, 6.45) is 0.304. The molecule has 1 saturated heterocycles. The zero-order valence-corrected chi connectivity index (χ0v) is 15.4. The Kier molecular flexibility index (Phi) is 5.43. The molecular weight excluding hydrogens is 328 g/mol. The van der Waals surface area contributed by atoms with Crippen LogP contribution in [-0.2, 0) is 15.1 Å². The van der Waals surface area contributed by atoms with Crippen LogP contribution in [0.4, 0.5) is 4.79 Å². The van der Waals surface area contributed by atoms with Gasteiger partial charge in [-0.2, -0.15) is 0 Å². The minimum Gasteiger partial charge on any atom is -0.450 e. The zero-order valence-electron chi connectivity index (χ0n) is 14.7. The molecule has 2 rings (SSSR count). The molecule has 1 aromatic carbocycles. The topological polar surface area (TPSA) is 58.6 Å². The molecule has 1 heterocycles. The fourth-order valence-corrected chi connectivity index (χ4v) is 3.70. The quantitative estimate of drug-likeness (QED) is 0.904. The van der Waals surface area contributed by atoms with Crippen molar-refractivity contribution in [3.8, 4) is 0 Å². The van der Waals surface area contributed by atoms with Gasteiger partial charge < -0.3 is 15.0 Å². The van der Waals surface area contributed by atoms with Crippen molar-refractivity contribution in [1.29, 1.82) is 0 Å².